The third-order valence-electron chi connectivity index (χ3n) is 4.82. The van der Waals surface area contributed by atoms with Gasteiger partial charge in [0, 0.05) is 25.6 Å². The Bertz CT molecular complexity index is 817. The number of piperidine rings is 1. The standard InChI is InChI=1S/C17H22N6O2/c1-11-9-23-15(18-11)6-5-14(21-23)19-12-7-8-22(10-12)17(25)13-3-2-4-16(24)20-13/h5-6,9,12-13H,2-4,7-8,10H2,1H3,(H,19,21)(H,20,24). The highest BCUT2D eigenvalue weighted by molar-refractivity contribution is 5.88. The average molecular weight is 342 g/mol. The molecule has 2 aliphatic rings. The first kappa shape index (κ1) is 15.9. The average Bonchev–Trinajstić information content (AvgIpc) is 3.19. The predicted octanol–water partition coefficient (Wildman–Crippen LogP) is 0.719. The number of carbonyl (C=O) groups excluding carboxylic acids is 2. The van der Waals surface area contributed by atoms with Crippen LogP contribution in [0.1, 0.15) is 31.4 Å². The van der Waals surface area contributed by atoms with E-state index < -0.39 is 0 Å². The molecule has 2 N–H and O–H groups in total. The number of anilines is 1. The van der Waals surface area contributed by atoms with Crippen molar-refractivity contribution in [2.45, 2.75) is 44.7 Å². The largest absolute Gasteiger partial charge is 0.364 e. The summed E-state index contributed by atoms with van der Waals surface area (Å²) in [5.41, 5.74) is 1.75. The fourth-order valence-electron chi connectivity index (χ4n) is 3.58. The Balaban J connectivity index is 1.38. The molecule has 8 nitrogen and oxygen atoms in total. The molecule has 0 aromatic carbocycles. The van der Waals surface area contributed by atoms with Crippen LogP contribution in [0.4, 0.5) is 5.82 Å². The lowest BCUT2D eigenvalue weighted by Gasteiger charge is -2.27. The zero-order valence-corrected chi connectivity index (χ0v) is 14.2. The summed E-state index contributed by atoms with van der Waals surface area (Å²) < 4.78 is 1.76. The van der Waals surface area contributed by atoms with Crippen LogP contribution < -0.4 is 10.6 Å². The van der Waals surface area contributed by atoms with Crippen molar-refractivity contribution in [2.75, 3.05) is 18.4 Å². The van der Waals surface area contributed by atoms with Crippen LogP contribution in [0.3, 0.4) is 0 Å². The number of likely N-dealkylation sites (tertiary alicyclic amines) is 1. The lowest BCUT2D eigenvalue weighted by atomic mass is 10.0. The summed E-state index contributed by atoms with van der Waals surface area (Å²) in [4.78, 5) is 30.3. The number of nitrogens with zero attached hydrogens (tertiary/aromatic N) is 4. The Morgan fingerprint density at radius 3 is 3.08 bits per heavy atom. The van der Waals surface area contributed by atoms with Crippen molar-refractivity contribution in [1.29, 1.82) is 0 Å². The quantitative estimate of drug-likeness (QED) is 0.858. The Hall–Kier alpha value is -2.64. The topological polar surface area (TPSA) is 91.6 Å². The maximum absolute atomic E-state index is 12.6. The summed E-state index contributed by atoms with van der Waals surface area (Å²) in [6, 6.07) is 3.65. The molecular formula is C17H22N6O2. The van der Waals surface area contributed by atoms with Gasteiger partial charge in [-0.1, -0.05) is 0 Å². The van der Waals surface area contributed by atoms with E-state index in [0.29, 0.717) is 19.5 Å². The number of amides is 2. The molecule has 4 heterocycles. The molecule has 8 heteroatoms. The summed E-state index contributed by atoms with van der Waals surface area (Å²) in [6.45, 7) is 3.27. The number of fused-ring (bicyclic) bond motifs is 1. The van der Waals surface area contributed by atoms with Gasteiger partial charge in [-0.15, -0.1) is 5.10 Å². The smallest absolute Gasteiger partial charge is 0.245 e. The van der Waals surface area contributed by atoms with Crippen molar-refractivity contribution < 1.29 is 9.59 Å². The van der Waals surface area contributed by atoms with E-state index >= 15 is 0 Å². The minimum absolute atomic E-state index is 0.0217. The molecule has 132 valence electrons. The molecule has 2 amide bonds. The van der Waals surface area contributed by atoms with Gasteiger partial charge in [0.1, 0.15) is 11.9 Å². The Labute approximate surface area is 145 Å². The van der Waals surface area contributed by atoms with Gasteiger partial charge < -0.3 is 15.5 Å². The van der Waals surface area contributed by atoms with Crippen LogP contribution in [-0.4, -0.2) is 56.5 Å². The molecule has 4 rings (SSSR count). The summed E-state index contributed by atoms with van der Waals surface area (Å²) in [5.74, 6) is 0.785. The van der Waals surface area contributed by atoms with Gasteiger partial charge in [-0.2, -0.15) is 0 Å². The highest BCUT2D eigenvalue weighted by atomic mass is 16.2. The molecule has 2 aromatic heterocycles. The fraction of sp³-hybridized carbons (Fsp3) is 0.529. The van der Waals surface area contributed by atoms with Crippen LogP contribution in [0.5, 0.6) is 0 Å². The van der Waals surface area contributed by atoms with Gasteiger partial charge in [-0.3, -0.25) is 9.59 Å². The van der Waals surface area contributed by atoms with Crippen molar-refractivity contribution in [1.82, 2.24) is 24.8 Å². The Morgan fingerprint density at radius 1 is 1.36 bits per heavy atom. The minimum atomic E-state index is -0.358. The number of rotatable bonds is 3. The van der Waals surface area contributed by atoms with E-state index in [0.717, 1.165) is 36.4 Å². The second-order valence-electron chi connectivity index (χ2n) is 6.83. The molecule has 25 heavy (non-hydrogen) atoms. The number of carbonyl (C=O) groups is 2. The molecule has 0 spiro atoms. The third kappa shape index (κ3) is 3.29. The Kier molecular flexibility index (Phi) is 4.03. The lowest BCUT2D eigenvalue weighted by molar-refractivity contribution is -0.137. The number of aryl methyl sites for hydroxylation is 1. The molecule has 0 bridgehead atoms. The molecule has 2 fully saturated rings. The lowest BCUT2D eigenvalue weighted by Crippen LogP contribution is -2.50. The van der Waals surface area contributed by atoms with Gasteiger partial charge in [-0.05, 0) is 38.3 Å². The fourth-order valence-corrected chi connectivity index (χ4v) is 3.58. The van der Waals surface area contributed by atoms with Gasteiger partial charge in [0.25, 0.3) is 0 Å². The van der Waals surface area contributed by atoms with E-state index in [1.54, 1.807) is 4.52 Å². The van der Waals surface area contributed by atoms with Crippen LogP contribution in [0.2, 0.25) is 0 Å². The first-order valence-electron chi connectivity index (χ1n) is 8.76. The maximum atomic E-state index is 12.6. The van der Waals surface area contributed by atoms with Crippen molar-refractivity contribution in [3.63, 3.8) is 0 Å². The van der Waals surface area contributed by atoms with Gasteiger partial charge >= 0.3 is 0 Å². The van der Waals surface area contributed by atoms with E-state index in [2.05, 4.69) is 20.7 Å². The highest BCUT2D eigenvalue weighted by Gasteiger charge is 2.33. The number of hydrogen-bond acceptors (Lipinski definition) is 5. The summed E-state index contributed by atoms with van der Waals surface area (Å²) >= 11 is 0. The van der Waals surface area contributed by atoms with Crippen molar-refractivity contribution in [3.05, 3.63) is 24.0 Å². The summed E-state index contributed by atoms with van der Waals surface area (Å²) in [7, 11) is 0. The van der Waals surface area contributed by atoms with E-state index in [-0.39, 0.29) is 23.9 Å². The third-order valence-corrected chi connectivity index (χ3v) is 4.82. The zero-order chi connectivity index (χ0) is 17.4. The van der Waals surface area contributed by atoms with Gasteiger partial charge in [-0.25, -0.2) is 9.50 Å². The van der Waals surface area contributed by atoms with E-state index in [4.69, 9.17) is 0 Å². The van der Waals surface area contributed by atoms with Crippen molar-refractivity contribution >= 4 is 23.3 Å². The molecule has 0 saturated carbocycles. The number of nitrogens with one attached hydrogen (secondary N) is 2. The predicted molar refractivity (Wildman–Crippen MR) is 92.1 cm³/mol. The SMILES string of the molecule is Cc1cn2nc(NC3CCN(C(=O)C4CCCC(=O)N4)C3)ccc2n1. The van der Waals surface area contributed by atoms with E-state index in [9.17, 15) is 9.59 Å². The monoisotopic (exact) mass is 342 g/mol. The van der Waals surface area contributed by atoms with E-state index in [1.165, 1.54) is 0 Å². The summed E-state index contributed by atoms with van der Waals surface area (Å²) in [6.07, 6.45) is 4.80. The molecular weight excluding hydrogens is 320 g/mol. The van der Waals surface area contributed by atoms with Crippen molar-refractivity contribution in [3.8, 4) is 0 Å². The van der Waals surface area contributed by atoms with Crippen LogP contribution in [0.25, 0.3) is 5.65 Å². The second kappa shape index (κ2) is 6.34. The van der Waals surface area contributed by atoms with Crippen LogP contribution >= 0.6 is 0 Å². The molecule has 2 aromatic rings. The van der Waals surface area contributed by atoms with Gasteiger partial charge in [0.05, 0.1) is 11.9 Å². The molecule has 0 aliphatic carbocycles. The number of hydrogen-bond donors (Lipinski definition) is 2. The number of aromatic nitrogens is 3. The molecule has 0 radical (unpaired) electrons. The molecule has 2 saturated heterocycles. The zero-order valence-electron chi connectivity index (χ0n) is 14.2. The van der Waals surface area contributed by atoms with Gasteiger partial charge in [0.2, 0.25) is 11.8 Å². The summed E-state index contributed by atoms with van der Waals surface area (Å²) in [5, 5.41) is 10.7. The van der Waals surface area contributed by atoms with Gasteiger partial charge in [0.15, 0.2) is 5.65 Å². The van der Waals surface area contributed by atoms with Crippen LogP contribution in [0, 0.1) is 6.92 Å². The van der Waals surface area contributed by atoms with Crippen molar-refractivity contribution in [2.24, 2.45) is 0 Å². The van der Waals surface area contributed by atoms with Crippen LogP contribution in [0.15, 0.2) is 18.3 Å². The minimum Gasteiger partial charge on any atom is -0.364 e. The first-order chi connectivity index (χ1) is 12.1. The first-order valence-corrected chi connectivity index (χ1v) is 8.76. The maximum Gasteiger partial charge on any atom is 0.245 e. The van der Waals surface area contributed by atoms with E-state index in [1.807, 2.05) is 30.2 Å². The Morgan fingerprint density at radius 2 is 2.24 bits per heavy atom. The second-order valence-corrected chi connectivity index (χ2v) is 6.83. The number of imidazole rings is 1. The van der Waals surface area contributed by atoms with Crippen LogP contribution in [-0.2, 0) is 9.59 Å². The highest BCUT2D eigenvalue weighted by Crippen LogP contribution is 2.18. The normalized spacial score (nSPS) is 23.7. The molecule has 2 unspecified atom stereocenters. The molecule has 2 aliphatic heterocycles. The molecule has 2 atom stereocenters.